The van der Waals surface area contributed by atoms with Crippen LogP contribution in [-0.4, -0.2) is 35.7 Å². The van der Waals surface area contributed by atoms with Gasteiger partial charge in [0.15, 0.2) is 5.78 Å². The van der Waals surface area contributed by atoms with Crippen LogP contribution >= 0.6 is 0 Å². The van der Waals surface area contributed by atoms with Gasteiger partial charge in [-0.3, -0.25) is 9.79 Å². The normalized spacial score (nSPS) is 19.9. The van der Waals surface area contributed by atoms with E-state index in [1.165, 1.54) is 6.21 Å². The molecule has 2 unspecified atom stereocenters. The molecule has 122 valence electrons. The van der Waals surface area contributed by atoms with Gasteiger partial charge in [-0.2, -0.15) is 0 Å². The van der Waals surface area contributed by atoms with Gasteiger partial charge in [0, 0.05) is 19.1 Å². The van der Waals surface area contributed by atoms with E-state index in [-0.39, 0.29) is 29.6 Å². The first kappa shape index (κ1) is 16.9. The van der Waals surface area contributed by atoms with E-state index in [4.69, 9.17) is 4.74 Å². The number of rotatable bonds is 5. The second kappa shape index (κ2) is 7.72. The van der Waals surface area contributed by atoms with Crippen LogP contribution in [0.5, 0.6) is 0 Å². The van der Waals surface area contributed by atoms with Crippen LogP contribution in [0.3, 0.4) is 0 Å². The van der Waals surface area contributed by atoms with Crippen LogP contribution in [0, 0.1) is 0 Å². The monoisotopic (exact) mass is 315 g/mol. The molecule has 0 aromatic heterocycles. The third-order valence-corrected chi connectivity index (χ3v) is 3.81. The number of hydrogen-bond donors (Lipinski definition) is 1. The molecule has 0 saturated carbocycles. The summed E-state index contributed by atoms with van der Waals surface area (Å²) in [5, 5.41) is 10.2. The highest BCUT2D eigenvalue weighted by Gasteiger charge is 2.27. The van der Waals surface area contributed by atoms with E-state index in [0.717, 1.165) is 5.56 Å². The number of aliphatic hydroxyl groups is 1. The molecule has 0 spiro atoms. The van der Waals surface area contributed by atoms with Crippen molar-refractivity contribution in [3.63, 3.8) is 0 Å². The molecular formula is C18H21NO4. The van der Waals surface area contributed by atoms with Crippen molar-refractivity contribution in [2.45, 2.75) is 38.6 Å². The molecule has 5 nitrogen and oxygen atoms in total. The Balaban J connectivity index is 2.11. The Morgan fingerprint density at radius 1 is 1.39 bits per heavy atom. The molecule has 2 atom stereocenters. The number of aliphatic hydroxyl groups excluding tert-OH is 1. The topological polar surface area (TPSA) is 76.0 Å². The highest BCUT2D eigenvalue weighted by atomic mass is 16.5. The molecule has 0 heterocycles. The van der Waals surface area contributed by atoms with E-state index in [1.807, 2.05) is 30.3 Å². The molecule has 0 saturated heterocycles. The lowest BCUT2D eigenvalue weighted by molar-refractivity contribution is -0.144. The summed E-state index contributed by atoms with van der Waals surface area (Å²) in [4.78, 5) is 27.8. The minimum atomic E-state index is -0.699. The number of ketones is 1. The molecule has 2 rings (SSSR count). The largest absolute Gasteiger partial charge is 0.511 e. The molecular weight excluding hydrogens is 294 g/mol. The highest BCUT2D eigenvalue weighted by molar-refractivity contribution is 6.14. The van der Waals surface area contributed by atoms with Gasteiger partial charge < -0.3 is 9.84 Å². The fourth-order valence-electron chi connectivity index (χ4n) is 2.53. The number of aliphatic imine (C=N–C) groups is 1. The van der Waals surface area contributed by atoms with Gasteiger partial charge in [-0.1, -0.05) is 30.3 Å². The molecule has 23 heavy (non-hydrogen) atoms. The van der Waals surface area contributed by atoms with Crippen molar-refractivity contribution in [2.24, 2.45) is 4.99 Å². The van der Waals surface area contributed by atoms with Crippen LogP contribution in [-0.2, 0) is 14.3 Å². The van der Waals surface area contributed by atoms with Gasteiger partial charge in [-0.25, -0.2) is 4.79 Å². The lowest BCUT2D eigenvalue weighted by Gasteiger charge is -2.22. The number of benzene rings is 1. The first-order valence-corrected chi connectivity index (χ1v) is 7.73. The predicted octanol–water partition coefficient (Wildman–Crippen LogP) is 2.97. The Morgan fingerprint density at radius 2 is 2.09 bits per heavy atom. The lowest BCUT2D eigenvalue weighted by atomic mass is 9.83. The summed E-state index contributed by atoms with van der Waals surface area (Å²) in [7, 11) is 0. The minimum absolute atomic E-state index is 0.0231. The molecule has 1 N–H and O–H groups in total. The smallest absolute Gasteiger partial charge is 0.330 e. The zero-order valence-electron chi connectivity index (χ0n) is 13.4. The molecule has 0 bridgehead atoms. The average molecular weight is 315 g/mol. The van der Waals surface area contributed by atoms with Gasteiger partial charge in [-0.05, 0) is 25.3 Å². The predicted molar refractivity (Wildman–Crippen MR) is 87.7 cm³/mol. The average Bonchev–Trinajstić information content (AvgIpc) is 2.54. The number of allylic oxidation sites excluding steroid dienone is 2. The number of Topliss-reactive ketones (excluding diaryl/α,β-unsaturated/α-hetero) is 1. The van der Waals surface area contributed by atoms with E-state index in [2.05, 4.69) is 4.99 Å². The SMILES string of the molecule is CCOC(=O)C(C)N=CC1=C(O)CC(c2ccccc2)CC1=O. The Bertz CT molecular complexity index is 634. The van der Waals surface area contributed by atoms with Crippen LogP contribution < -0.4 is 0 Å². The van der Waals surface area contributed by atoms with Crippen molar-refractivity contribution in [2.75, 3.05) is 6.61 Å². The number of carbonyl (C=O) groups is 2. The molecule has 0 amide bonds. The van der Waals surface area contributed by atoms with Crippen molar-refractivity contribution in [1.29, 1.82) is 0 Å². The van der Waals surface area contributed by atoms with E-state index >= 15 is 0 Å². The maximum Gasteiger partial charge on any atom is 0.330 e. The van der Waals surface area contributed by atoms with Crippen molar-refractivity contribution in [3.8, 4) is 0 Å². The second-order valence-corrected chi connectivity index (χ2v) is 5.51. The quantitative estimate of drug-likeness (QED) is 0.669. The molecule has 0 radical (unpaired) electrons. The van der Waals surface area contributed by atoms with Crippen LogP contribution in [0.1, 0.15) is 38.2 Å². The molecule has 1 aliphatic rings. The summed E-state index contributed by atoms with van der Waals surface area (Å²) in [6.45, 7) is 3.59. The first-order chi connectivity index (χ1) is 11.0. The van der Waals surface area contributed by atoms with Gasteiger partial charge in [0.25, 0.3) is 0 Å². The van der Waals surface area contributed by atoms with E-state index in [9.17, 15) is 14.7 Å². The molecule has 1 aliphatic carbocycles. The number of carbonyl (C=O) groups excluding carboxylic acids is 2. The zero-order chi connectivity index (χ0) is 16.8. The fraction of sp³-hybridized carbons (Fsp3) is 0.389. The fourth-order valence-corrected chi connectivity index (χ4v) is 2.53. The molecule has 0 fully saturated rings. The van der Waals surface area contributed by atoms with E-state index < -0.39 is 12.0 Å². The van der Waals surface area contributed by atoms with Crippen molar-refractivity contribution >= 4 is 18.0 Å². The molecule has 1 aromatic carbocycles. The van der Waals surface area contributed by atoms with Crippen molar-refractivity contribution in [3.05, 3.63) is 47.2 Å². The number of esters is 1. The van der Waals surface area contributed by atoms with Crippen molar-refractivity contribution < 1.29 is 19.4 Å². The summed E-state index contributed by atoms with van der Waals surface area (Å²) in [5.74, 6) is -0.616. The van der Waals surface area contributed by atoms with Gasteiger partial charge >= 0.3 is 5.97 Å². The van der Waals surface area contributed by atoms with Crippen LogP contribution in [0.4, 0.5) is 0 Å². The van der Waals surface area contributed by atoms with Gasteiger partial charge in [0.2, 0.25) is 0 Å². The van der Waals surface area contributed by atoms with Gasteiger partial charge in [-0.15, -0.1) is 0 Å². The Labute approximate surface area is 135 Å². The number of hydrogen-bond acceptors (Lipinski definition) is 5. The summed E-state index contributed by atoms with van der Waals surface area (Å²) < 4.78 is 4.86. The lowest BCUT2D eigenvalue weighted by Crippen LogP contribution is -2.21. The Hall–Kier alpha value is -2.43. The zero-order valence-corrected chi connectivity index (χ0v) is 13.4. The van der Waals surface area contributed by atoms with Crippen LogP contribution in [0.15, 0.2) is 46.7 Å². The molecule has 1 aromatic rings. The van der Waals surface area contributed by atoms with Gasteiger partial charge in [0.1, 0.15) is 11.8 Å². The summed E-state index contributed by atoms with van der Waals surface area (Å²) in [6.07, 6.45) is 2.01. The minimum Gasteiger partial charge on any atom is -0.511 e. The summed E-state index contributed by atoms with van der Waals surface area (Å²) in [5.41, 5.74) is 1.22. The number of ether oxygens (including phenoxy) is 1. The van der Waals surface area contributed by atoms with E-state index in [0.29, 0.717) is 12.8 Å². The van der Waals surface area contributed by atoms with Crippen molar-refractivity contribution in [1.82, 2.24) is 0 Å². The van der Waals surface area contributed by atoms with Crippen LogP contribution in [0.25, 0.3) is 0 Å². The first-order valence-electron chi connectivity index (χ1n) is 7.73. The Morgan fingerprint density at radius 3 is 2.70 bits per heavy atom. The Kier molecular flexibility index (Phi) is 5.68. The van der Waals surface area contributed by atoms with E-state index in [1.54, 1.807) is 13.8 Å². The molecule has 0 aliphatic heterocycles. The maximum atomic E-state index is 12.3. The highest BCUT2D eigenvalue weighted by Crippen LogP contribution is 2.32. The summed E-state index contributed by atoms with van der Waals surface area (Å²) in [6, 6.07) is 8.95. The standard InChI is InChI=1S/C18H21NO4/c1-3-23-18(22)12(2)19-11-15-16(20)9-14(10-17(15)21)13-7-5-4-6-8-13/h4-8,11-12,14,20H,3,9-10H2,1-2H3. The molecule has 5 heteroatoms. The maximum absolute atomic E-state index is 12.3. The number of nitrogens with zero attached hydrogens (tertiary/aromatic N) is 1. The van der Waals surface area contributed by atoms with Crippen LogP contribution in [0.2, 0.25) is 0 Å². The third-order valence-electron chi connectivity index (χ3n) is 3.81. The summed E-state index contributed by atoms with van der Waals surface area (Å²) >= 11 is 0. The third kappa shape index (κ3) is 4.28. The second-order valence-electron chi connectivity index (χ2n) is 5.51. The van der Waals surface area contributed by atoms with Gasteiger partial charge in [0.05, 0.1) is 12.2 Å².